The summed E-state index contributed by atoms with van der Waals surface area (Å²) in [6, 6.07) is 17.6. The zero-order valence-electron chi connectivity index (χ0n) is 19.4. The summed E-state index contributed by atoms with van der Waals surface area (Å²) in [5, 5.41) is 9.38. The predicted octanol–water partition coefficient (Wildman–Crippen LogP) is 5.47. The van der Waals surface area contributed by atoms with Crippen molar-refractivity contribution in [2.24, 2.45) is 5.92 Å². The molecule has 1 aliphatic rings. The third-order valence-corrected chi connectivity index (χ3v) is 7.20. The molecule has 6 nitrogen and oxygen atoms in total. The number of carbonyl (C=O) groups excluding carboxylic acids is 1. The third-order valence-electron chi connectivity index (χ3n) is 6.17. The van der Waals surface area contributed by atoms with Crippen LogP contribution in [0.5, 0.6) is 11.5 Å². The Morgan fingerprint density at radius 2 is 1.97 bits per heavy atom. The van der Waals surface area contributed by atoms with Crippen LogP contribution in [0.4, 0.5) is 5.82 Å². The average molecular weight is 485 g/mol. The number of ether oxygens (including phenoxy) is 1. The first-order valence-corrected chi connectivity index (χ1v) is 12.7. The molecule has 1 amide bonds. The Balaban J connectivity index is 1.32. The number of thiophene rings is 1. The Hall–Kier alpha value is -3.68. The van der Waals surface area contributed by atoms with E-state index in [9.17, 15) is 4.79 Å². The lowest BCUT2D eigenvalue weighted by Gasteiger charge is -2.22. The molecular weight excluding hydrogens is 456 g/mol. The largest absolute Gasteiger partial charge is 0.457 e. The van der Waals surface area contributed by atoms with Crippen LogP contribution in [-0.4, -0.2) is 30.5 Å². The monoisotopic (exact) mass is 484 g/mol. The Labute approximate surface area is 208 Å². The molecule has 0 aliphatic carbocycles. The van der Waals surface area contributed by atoms with E-state index >= 15 is 0 Å². The van der Waals surface area contributed by atoms with Crippen molar-refractivity contribution in [3.63, 3.8) is 0 Å². The molecule has 0 saturated carbocycles. The second kappa shape index (κ2) is 10.7. The second-order valence-electron chi connectivity index (χ2n) is 8.68. The van der Waals surface area contributed by atoms with E-state index in [2.05, 4.69) is 21.0 Å². The van der Waals surface area contributed by atoms with Gasteiger partial charge in [0.25, 0.3) is 0 Å². The van der Waals surface area contributed by atoms with Gasteiger partial charge in [0.1, 0.15) is 17.3 Å². The lowest BCUT2D eigenvalue weighted by molar-refractivity contribution is -0.116. The molecule has 0 radical (unpaired) electrons. The van der Waals surface area contributed by atoms with E-state index in [1.807, 2.05) is 60.7 Å². The van der Waals surface area contributed by atoms with E-state index in [1.54, 1.807) is 23.6 Å². The average Bonchev–Trinajstić information content (AvgIpc) is 3.35. The first-order valence-electron chi connectivity index (χ1n) is 11.8. The number of amides is 1. The summed E-state index contributed by atoms with van der Waals surface area (Å²) in [6.45, 7) is 2.72. The zero-order chi connectivity index (χ0) is 24.0. The topological polar surface area (TPSA) is 89.3 Å². The maximum Gasteiger partial charge on any atom is 0.244 e. The van der Waals surface area contributed by atoms with Gasteiger partial charge in [-0.15, -0.1) is 11.3 Å². The molecular formula is C28H28N4O2S. The number of hydrogen-bond acceptors (Lipinski definition) is 6. The molecule has 1 aliphatic heterocycles. The van der Waals surface area contributed by atoms with Gasteiger partial charge in [-0.05, 0) is 73.1 Å². The van der Waals surface area contributed by atoms with Crippen LogP contribution in [0.2, 0.25) is 0 Å². The van der Waals surface area contributed by atoms with Crippen molar-refractivity contribution >= 4 is 39.2 Å². The highest BCUT2D eigenvalue weighted by atomic mass is 32.1. The van der Waals surface area contributed by atoms with Crippen molar-refractivity contribution in [2.75, 3.05) is 25.4 Å². The van der Waals surface area contributed by atoms with E-state index in [0.717, 1.165) is 64.2 Å². The summed E-state index contributed by atoms with van der Waals surface area (Å²) < 4.78 is 6.92. The molecule has 2 aromatic heterocycles. The quantitative estimate of drug-likeness (QED) is 0.303. The fraction of sp³-hybridized carbons (Fsp3) is 0.214. The van der Waals surface area contributed by atoms with Gasteiger partial charge in [-0.25, -0.2) is 4.98 Å². The number of hydrogen-bond donors (Lipinski definition) is 3. The minimum atomic E-state index is -0.0914. The van der Waals surface area contributed by atoms with Crippen LogP contribution in [0.3, 0.4) is 0 Å². The molecule has 1 fully saturated rings. The minimum Gasteiger partial charge on any atom is -0.457 e. The van der Waals surface area contributed by atoms with Crippen LogP contribution in [0.15, 0.2) is 72.3 Å². The number of rotatable bonds is 7. The van der Waals surface area contributed by atoms with Gasteiger partial charge in [0.05, 0.1) is 0 Å². The maximum absolute atomic E-state index is 12.4. The second-order valence-corrected chi connectivity index (χ2v) is 9.56. The van der Waals surface area contributed by atoms with Crippen molar-refractivity contribution in [3.8, 4) is 22.6 Å². The van der Waals surface area contributed by atoms with Crippen molar-refractivity contribution < 1.29 is 9.53 Å². The van der Waals surface area contributed by atoms with Gasteiger partial charge in [-0.1, -0.05) is 30.3 Å². The van der Waals surface area contributed by atoms with Gasteiger partial charge in [0.2, 0.25) is 5.91 Å². The summed E-state index contributed by atoms with van der Waals surface area (Å²) in [7, 11) is 0. The molecule has 2 aromatic carbocycles. The number of nitrogens with one attached hydrogen (secondary N) is 2. The van der Waals surface area contributed by atoms with Gasteiger partial charge in [0.15, 0.2) is 0 Å². The molecule has 1 atom stereocenters. The van der Waals surface area contributed by atoms with Gasteiger partial charge < -0.3 is 21.1 Å². The van der Waals surface area contributed by atoms with Gasteiger partial charge in [-0.3, -0.25) is 4.79 Å². The molecule has 0 bridgehead atoms. The summed E-state index contributed by atoms with van der Waals surface area (Å²) in [5.41, 5.74) is 9.22. The smallest absolute Gasteiger partial charge is 0.244 e. The maximum atomic E-state index is 12.4. The molecule has 5 rings (SSSR count). The van der Waals surface area contributed by atoms with Crippen LogP contribution >= 0.6 is 11.3 Å². The highest BCUT2D eigenvalue weighted by Gasteiger charge is 2.15. The fourth-order valence-corrected chi connectivity index (χ4v) is 5.39. The van der Waals surface area contributed by atoms with Crippen LogP contribution in [0.25, 0.3) is 27.3 Å². The number of piperidine rings is 1. The number of benzene rings is 2. The molecule has 35 heavy (non-hydrogen) atoms. The minimum absolute atomic E-state index is 0.0914. The standard InChI is InChI=1S/C28H28N4O2S/c29-28-26-24(20-8-11-23(12-9-20)34-22-6-2-1-3-7-22)18-35-27(26)21(17-32-28)10-13-25(33)31-16-19-5-4-14-30-15-19/h1-3,6-13,17-19,30H,4-5,14-16H2,(H2,29,32)(H,31,33). The lowest BCUT2D eigenvalue weighted by Crippen LogP contribution is -2.37. The zero-order valence-corrected chi connectivity index (χ0v) is 20.2. The highest BCUT2D eigenvalue weighted by molar-refractivity contribution is 7.18. The molecule has 4 N–H and O–H groups in total. The number of aromatic nitrogens is 1. The van der Waals surface area contributed by atoms with Crippen molar-refractivity contribution in [1.82, 2.24) is 15.6 Å². The summed E-state index contributed by atoms with van der Waals surface area (Å²) in [6.07, 6.45) is 7.44. The number of anilines is 1. The summed E-state index contributed by atoms with van der Waals surface area (Å²) in [4.78, 5) is 16.8. The molecule has 178 valence electrons. The summed E-state index contributed by atoms with van der Waals surface area (Å²) >= 11 is 1.60. The molecule has 1 unspecified atom stereocenters. The molecule has 1 saturated heterocycles. The number of nitrogens with zero attached hydrogens (tertiary/aromatic N) is 1. The molecule has 4 aromatic rings. The Kier molecular flexibility index (Phi) is 7.07. The van der Waals surface area contributed by atoms with Gasteiger partial charge in [0, 0.05) is 40.0 Å². The van der Waals surface area contributed by atoms with Crippen LogP contribution < -0.4 is 21.1 Å². The van der Waals surface area contributed by atoms with E-state index in [0.29, 0.717) is 18.3 Å². The SMILES string of the molecule is Nc1ncc(C=CC(=O)NCC2CCCNC2)c2scc(-c3ccc(Oc4ccccc4)cc3)c12. The van der Waals surface area contributed by atoms with Crippen LogP contribution in [-0.2, 0) is 4.79 Å². The Bertz CT molecular complexity index is 1330. The number of nitrogen functional groups attached to an aromatic ring is 1. The number of pyridine rings is 1. The van der Waals surface area contributed by atoms with E-state index < -0.39 is 0 Å². The normalized spacial score (nSPS) is 15.9. The lowest BCUT2D eigenvalue weighted by atomic mass is 10.00. The van der Waals surface area contributed by atoms with E-state index in [-0.39, 0.29) is 5.91 Å². The first-order chi connectivity index (χ1) is 17.2. The molecule has 7 heteroatoms. The van der Waals surface area contributed by atoms with Crippen molar-refractivity contribution in [2.45, 2.75) is 12.8 Å². The van der Waals surface area contributed by atoms with Crippen molar-refractivity contribution in [1.29, 1.82) is 0 Å². The number of nitrogens with two attached hydrogens (primary N) is 1. The van der Waals surface area contributed by atoms with E-state index in [1.165, 1.54) is 0 Å². The first kappa shape index (κ1) is 23.1. The van der Waals surface area contributed by atoms with Crippen molar-refractivity contribution in [3.05, 3.63) is 77.8 Å². The number of carbonyl (C=O) groups is 1. The Morgan fingerprint density at radius 3 is 2.74 bits per heavy atom. The van der Waals surface area contributed by atoms with Gasteiger partial charge in [-0.2, -0.15) is 0 Å². The molecule has 3 heterocycles. The number of para-hydroxylation sites is 1. The molecule has 0 spiro atoms. The Morgan fingerprint density at radius 1 is 1.17 bits per heavy atom. The van der Waals surface area contributed by atoms with Crippen LogP contribution in [0.1, 0.15) is 18.4 Å². The highest BCUT2D eigenvalue weighted by Crippen LogP contribution is 2.39. The number of fused-ring (bicyclic) bond motifs is 1. The predicted molar refractivity (Wildman–Crippen MR) is 144 cm³/mol. The third kappa shape index (κ3) is 5.53. The van der Waals surface area contributed by atoms with Gasteiger partial charge >= 0.3 is 0 Å². The van der Waals surface area contributed by atoms with Crippen LogP contribution in [0, 0.1) is 5.92 Å². The fourth-order valence-electron chi connectivity index (χ4n) is 4.31. The summed E-state index contributed by atoms with van der Waals surface area (Å²) in [5.74, 6) is 2.45. The van der Waals surface area contributed by atoms with E-state index in [4.69, 9.17) is 10.5 Å².